The summed E-state index contributed by atoms with van der Waals surface area (Å²) < 4.78 is 4.82. The SMILES string of the molecule is COC(=O)c1cc(C)ccc1NCCc1ccccc1. The Labute approximate surface area is 119 Å². The number of hydrogen-bond donors (Lipinski definition) is 1. The van der Waals surface area contributed by atoms with Gasteiger partial charge in [-0.3, -0.25) is 0 Å². The average Bonchev–Trinajstić information content (AvgIpc) is 2.49. The second kappa shape index (κ2) is 6.75. The van der Waals surface area contributed by atoms with Crippen LogP contribution in [0.1, 0.15) is 21.5 Å². The second-order valence-electron chi connectivity index (χ2n) is 4.70. The number of carbonyl (C=O) groups is 1. The molecule has 0 saturated heterocycles. The van der Waals surface area contributed by atoms with Crippen LogP contribution in [0.15, 0.2) is 48.5 Å². The number of anilines is 1. The molecule has 0 amide bonds. The smallest absolute Gasteiger partial charge is 0.339 e. The molecule has 0 aromatic heterocycles. The van der Waals surface area contributed by atoms with Gasteiger partial charge in [-0.25, -0.2) is 4.79 Å². The van der Waals surface area contributed by atoms with Gasteiger partial charge in [0.15, 0.2) is 0 Å². The van der Waals surface area contributed by atoms with Gasteiger partial charge in [-0.2, -0.15) is 0 Å². The highest BCUT2D eigenvalue weighted by atomic mass is 16.5. The van der Waals surface area contributed by atoms with Crippen LogP contribution in [0, 0.1) is 6.92 Å². The van der Waals surface area contributed by atoms with E-state index in [1.54, 1.807) is 0 Å². The van der Waals surface area contributed by atoms with E-state index in [0.29, 0.717) is 5.56 Å². The Kier molecular flexibility index (Phi) is 4.77. The minimum Gasteiger partial charge on any atom is -0.465 e. The number of rotatable bonds is 5. The topological polar surface area (TPSA) is 38.3 Å². The number of benzene rings is 2. The number of nitrogens with one attached hydrogen (secondary N) is 1. The highest BCUT2D eigenvalue weighted by Crippen LogP contribution is 2.18. The lowest BCUT2D eigenvalue weighted by atomic mass is 10.1. The summed E-state index contributed by atoms with van der Waals surface area (Å²) in [5.74, 6) is -0.309. The van der Waals surface area contributed by atoms with E-state index in [4.69, 9.17) is 4.74 Å². The van der Waals surface area contributed by atoms with Crippen molar-refractivity contribution in [3.05, 3.63) is 65.2 Å². The van der Waals surface area contributed by atoms with Crippen LogP contribution < -0.4 is 5.32 Å². The molecule has 2 rings (SSSR count). The van der Waals surface area contributed by atoms with E-state index in [9.17, 15) is 4.79 Å². The van der Waals surface area contributed by atoms with Gasteiger partial charge in [0.1, 0.15) is 0 Å². The van der Waals surface area contributed by atoms with Crippen LogP contribution in [-0.2, 0) is 11.2 Å². The van der Waals surface area contributed by atoms with Gasteiger partial charge in [0.05, 0.1) is 12.7 Å². The first-order valence-electron chi connectivity index (χ1n) is 6.67. The summed E-state index contributed by atoms with van der Waals surface area (Å²) >= 11 is 0. The van der Waals surface area contributed by atoms with Crippen LogP contribution in [-0.4, -0.2) is 19.6 Å². The fourth-order valence-electron chi connectivity index (χ4n) is 2.08. The quantitative estimate of drug-likeness (QED) is 0.845. The maximum absolute atomic E-state index is 11.8. The fourth-order valence-corrected chi connectivity index (χ4v) is 2.08. The van der Waals surface area contributed by atoms with Crippen molar-refractivity contribution in [3.8, 4) is 0 Å². The summed E-state index contributed by atoms with van der Waals surface area (Å²) in [7, 11) is 1.40. The van der Waals surface area contributed by atoms with Gasteiger partial charge >= 0.3 is 5.97 Å². The molecule has 2 aromatic carbocycles. The van der Waals surface area contributed by atoms with E-state index in [1.165, 1.54) is 12.7 Å². The van der Waals surface area contributed by atoms with Crippen molar-refractivity contribution in [2.24, 2.45) is 0 Å². The zero-order chi connectivity index (χ0) is 14.4. The van der Waals surface area contributed by atoms with Gasteiger partial charge in [0.2, 0.25) is 0 Å². The van der Waals surface area contributed by atoms with E-state index in [2.05, 4.69) is 17.4 Å². The Balaban J connectivity index is 2.04. The third-order valence-electron chi connectivity index (χ3n) is 3.15. The molecule has 0 aliphatic heterocycles. The minimum absolute atomic E-state index is 0.309. The van der Waals surface area contributed by atoms with Crippen molar-refractivity contribution in [1.82, 2.24) is 0 Å². The van der Waals surface area contributed by atoms with Gasteiger partial charge in [0, 0.05) is 12.2 Å². The van der Waals surface area contributed by atoms with E-state index in [-0.39, 0.29) is 5.97 Å². The highest BCUT2D eigenvalue weighted by molar-refractivity contribution is 5.95. The summed E-state index contributed by atoms with van der Waals surface area (Å²) in [6, 6.07) is 16.0. The molecule has 2 aromatic rings. The summed E-state index contributed by atoms with van der Waals surface area (Å²) in [6.07, 6.45) is 0.912. The molecule has 0 heterocycles. The van der Waals surface area contributed by atoms with Crippen molar-refractivity contribution >= 4 is 11.7 Å². The third-order valence-corrected chi connectivity index (χ3v) is 3.15. The van der Waals surface area contributed by atoms with Crippen LogP contribution in [0.3, 0.4) is 0 Å². The van der Waals surface area contributed by atoms with Crippen molar-refractivity contribution in [2.75, 3.05) is 19.0 Å². The average molecular weight is 269 g/mol. The van der Waals surface area contributed by atoms with Crippen molar-refractivity contribution in [1.29, 1.82) is 0 Å². The van der Waals surface area contributed by atoms with Gasteiger partial charge < -0.3 is 10.1 Å². The first-order chi connectivity index (χ1) is 9.70. The molecule has 0 unspecified atom stereocenters. The molecule has 20 heavy (non-hydrogen) atoms. The molecule has 3 nitrogen and oxygen atoms in total. The predicted molar refractivity (Wildman–Crippen MR) is 81.2 cm³/mol. The van der Waals surface area contributed by atoms with Gasteiger partial charge in [-0.15, -0.1) is 0 Å². The number of ether oxygens (including phenoxy) is 1. The number of carbonyl (C=O) groups excluding carboxylic acids is 1. The largest absolute Gasteiger partial charge is 0.465 e. The molecule has 1 N–H and O–H groups in total. The molecule has 0 atom stereocenters. The Morgan fingerprint density at radius 3 is 2.60 bits per heavy atom. The van der Waals surface area contributed by atoms with E-state index >= 15 is 0 Å². The summed E-state index contributed by atoms with van der Waals surface area (Å²) in [4.78, 5) is 11.8. The molecular formula is C17H19NO2. The zero-order valence-electron chi connectivity index (χ0n) is 11.8. The molecule has 0 radical (unpaired) electrons. The monoisotopic (exact) mass is 269 g/mol. The van der Waals surface area contributed by atoms with E-state index < -0.39 is 0 Å². The van der Waals surface area contributed by atoms with E-state index in [1.807, 2.05) is 43.3 Å². The Morgan fingerprint density at radius 1 is 1.15 bits per heavy atom. The Hall–Kier alpha value is -2.29. The van der Waals surface area contributed by atoms with Crippen LogP contribution in [0.25, 0.3) is 0 Å². The lowest BCUT2D eigenvalue weighted by molar-refractivity contribution is 0.0601. The van der Waals surface area contributed by atoms with Gasteiger partial charge in [-0.05, 0) is 31.0 Å². The Bertz CT molecular complexity index is 579. The maximum atomic E-state index is 11.8. The molecular weight excluding hydrogens is 250 g/mol. The van der Waals surface area contributed by atoms with Crippen molar-refractivity contribution < 1.29 is 9.53 Å². The molecule has 3 heteroatoms. The molecule has 0 spiro atoms. The van der Waals surface area contributed by atoms with Crippen LogP contribution in [0.2, 0.25) is 0 Å². The first-order valence-corrected chi connectivity index (χ1v) is 6.67. The number of esters is 1. The molecule has 0 bridgehead atoms. The number of hydrogen-bond acceptors (Lipinski definition) is 3. The minimum atomic E-state index is -0.309. The number of aryl methyl sites for hydroxylation is 1. The van der Waals surface area contributed by atoms with Crippen LogP contribution in [0.4, 0.5) is 5.69 Å². The predicted octanol–water partition coefficient (Wildman–Crippen LogP) is 3.44. The lowest BCUT2D eigenvalue weighted by Crippen LogP contribution is -2.11. The fraction of sp³-hybridized carbons (Fsp3) is 0.235. The van der Waals surface area contributed by atoms with Crippen LogP contribution in [0.5, 0.6) is 0 Å². The highest BCUT2D eigenvalue weighted by Gasteiger charge is 2.11. The molecule has 0 aliphatic carbocycles. The summed E-state index contributed by atoms with van der Waals surface area (Å²) in [6.45, 7) is 2.73. The van der Waals surface area contributed by atoms with Gasteiger partial charge in [-0.1, -0.05) is 42.0 Å². The van der Waals surface area contributed by atoms with Crippen LogP contribution >= 0.6 is 0 Å². The molecule has 0 aliphatic rings. The van der Waals surface area contributed by atoms with Crippen molar-refractivity contribution in [2.45, 2.75) is 13.3 Å². The van der Waals surface area contributed by atoms with E-state index in [0.717, 1.165) is 24.2 Å². The molecule has 0 fully saturated rings. The third kappa shape index (κ3) is 3.60. The molecule has 0 saturated carbocycles. The molecule has 104 valence electrons. The Morgan fingerprint density at radius 2 is 1.90 bits per heavy atom. The normalized spacial score (nSPS) is 10.1. The first kappa shape index (κ1) is 14.1. The number of methoxy groups -OCH3 is 1. The van der Waals surface area contributed by atoms with Gasteiger partial charge in [0.25, 0.3) is 0 Å². The maximum Gasteiger partial charge on any atom is 0.339 e. The lowest BCUT2D eigenvalue weighted by Gasteiger charge is -2.11. The standard InChI is InChI=1S/C17H19NO2/c1-13-8-9-16(15(12-13)17(19)20-2)18-11-10-14-6-4-3-5-7-14/h3-9,12,18H,10-11H2,1-2H3. The zero-order valence-corrected chi connectivity index (χ0v) is 11.8. The summed E-state index contributed by atoms with van der Waals surface area (Å²) in [5.41, 5.74) is 3.71. The second-order valence-corrected chi connectivity index (χ2v) is 4.70. The summed E-state index contributed by atoms with van der Waals surface area (Å²) in [5, 5.41) is 3.30. The van der Waals surface area contributed by atoms with Crippen molar-refractivity contribution in [3.63, 3.8) is 0 Å².